The third kappa shape index (κ3) is 6.76. The monoisotopic (exact) mass is 565 g/mol. The molecule has 4 atom stereocenters. The summed E-state index contributed by atoms with van der Waals surface area (Å²) in [6.07, 6.45) is 4.32. The Hall–Kier alpha value is -1.90. The minimum atomic E-state index is -3.67. The zero-order valence-corrected chi connectivity index (χ0v) is 24.3. The molecule has 202 valence electrons. The van der Waals surface area contributed by atoms with Crippen molar-refractivity contribution in [3.8, 4) is 0 Å². The van der Waals surface area contributed by atoms with Crippen molar-refractivity contribution in [3.63, 3.8) is 0 Å². The molecule has 0 spiro atoms. The summed E-state index contributed by atoms with van der Waals surface area (Å²) in [4.78, 5) is 16.3. The van der Waals surface area contributed by atoms with Crippen molar-refractivity contribution in [2.75, 3.05) is 20.6 Å². The van der Waals surface area contributed by atoms with Gasteiger partial charge in [0, 0.05) is 42.6 Å². The third-order valence-electron chi connectivity index (χ3n) is 7.18. The standard InChI is InChI=1S/C28H37Cl2N3O3S/c1-6-9-24(19-31-37(35,36)32(4)5)33-26(20-12-14-22(29)15-13-20)25(21-10-8-11-23(30)17-21)18-28(3,16-7-2)27(33)34/h7-8,10-15,17,24-26,31H,2,6,9,16,18-19H2,1,3-5H3/t24-,25+,26+,28-/m0/s1. The van der Waals surface area contributed by atoms with Gasteiger partial charge in [0.25, 0.3) is 10.2 Å². The number of hydrogen-bond acceptors (Lipinski definition) is 3. The van der Waals surface area contributed by atoms with Gasteiger partial charge in [-0.1, -0.05) is 73.8 Å². The highest BCUT2D eigenvalue weighted by atomic mass is 35.5. The number of carbonyl (C=O) groups is 1. The highest BCUT2D eigenvalue weighted by Gasteiger charge is 2.51. The summed E-state index contributed by atoms with van der Waals surface area (Å²) in [7, 11) is -0.707. The number of nitrogens with one attached hydrogen (secondary N) is 1. The van der Waals surface area contributed by atoms with Crippen LogP contribution in [0.2, 0.25) is 10.0 Å². The first-order valence-electron chi connectivity index (χ1n) is 12.5. The fourth-order valence-corrected chi connectivity index (χ4v) is 6.28. The topological polar surface area (TPSA) is 69.7 Å². The van der Waals surface area contributed by atoms with E-state index in [1.165, 1.54) is 14.1 Å². The summed E-state index contributed by atoms with van der Waals surface area (Å²) in [6, 6.07) is 14.6. The van der Waals surface area contributed by atoms with Crippen LogP contribution in [0.25, 0.3) is 0 Å². The van der Waals surface area contributed by atoms with Gasteiger partial charge in [-0.25, -0.2) is 4.72 Å². The molecule has 1 N–H and O–H groups in total. The van der Waals surface area contributed by atoms with Gasteiger partial charge in [0.1, 0.15) is 0 Å². The number of rotatable bonds is 11. The first-order chi connectivity index (χ1) is 17.4. The van der Waals surface area contributed by atoms with Gasteiger partial charge in [0.2, 0.25) is 5.91 Å². The molecule has 0 saturated carbocycles. The van der Waals surface area contributed by atoms with Gasteiger partial charge < -0.3 is 4.90 Å². The Kier molecular flexibility index (Phi) is 9.86. The molecule has 2 aromatic rings. The normalized spacial score (nSPS) is 23.3. The summed E-state index contributed by atoms with van der Waals surface area (Å²) in [6.45, 7) is 8.05. The van der Waals surface area contributed by atoms with Crippen molar-refractivity contribution in [1.29, 1.82) is 0 Å². The van der Waals surface area contributed by atoms with E-state index in [4.69, 9.17) is 23.2 Å². The van der Waals surface area contributed by atoms with Crippen molar-refractivity contribution in [3.05, 3.63) is 82.4 Å². The summed E-state index contributed by atoms with van der Waals surface area (Å²) in [5, 5.41) is 1.24. The number of benzene rings is 2. The van der Waals surface area contributed by atoms with Crippen LogP contribution >= 0.6 is 23.2 Å². The van der Waals surface area contributed by atoms with Crippen LogP contribution in [0.1, 0.15) is 62.6 Å². The fourth-order valence-electron chi connectivity index (χ4n) is 5.29. The predicted molar refractivity (Wildman–Crippen MR) is 152 cm³/mol. The van der Waals surface area contributed by atoms with Crippen molar-refractivity contribution in [2.24, 2.45) is 5.41 Å². The molecule has 6 nitrogen and oxygen atoms in total. The fraction of sp³-hybridized carbons (Fsp3) is 0.464. The van der Waals surface area contributed by atoms with Crippen LogP contribution in [-0.4, -0.2) is 50.2 Å². The average Bonchev–Trinajstić information content (AvgIpc) is 2.84. The summed E-state index contributed by atoms with van der Waals surface area (Å²) < 4.78 is 29.1. The zero-order chi connectivity index (χ0) is 27.4. The molecule has 1 fully saturated rings. The lowest BCUT2D eigenvalue weighted by molar-refractivity contribution is -0.154. The largest absolute Gasteiger partial charge is 0.330 e. The second-order valence-corrected chi connectivity index (χ2v) is 13.0. The van der Waals surface area contributed by atoms with Gasteiger partial charge >= 0.3 is 0 Å². The van der Waals surface area contributed by atoms with Gasteiger partial charge in [0.15, 0.2) is 0 Å². The van der Waals surface area contributed by atoms with Crippen molar-refractivity contribution in [2.45, 2.75) is 57.5 Å². The lowest BCUT2D eigenvalue weighted by Crippen LogP contribution is -2.58. The molecule has 0 aromatic heterocycles. The van der Waals surface area contributed by atoms with Crippen LogP contribution in [0.3, 0.4) is 0 Å². The van der Waals surface area contributed by atoms with Crippen LogP contribution in [-0.2, 0) is 15.0 Å². The first kappa shape index (κ1) is 29.7. The maximum atomic E-state index is 14.3. The van der Waals surface area contributed by atoms with Crippen LogP contribution in [0.15, 0.2) is 61.2 Å². The van der Waals surface area contributed by atoms with Crippen LogP contribution in [0.4, 0.5) is 0 Å². The van der Waals surface area contributed by atoms with Crippen LogP contribution < -0.4 is 4.72 Å². The zero-order valence-electron chi connectivity index (χ0n) is 22.0. The van der Waals surface area contributed by atoms with Gasteiger partial charge in [-0.3, -0.25) is 4.79 Å². The lowest BCUT2D eigenvalue weighted by atomic mass is 9.67. The molecule has 1 heterocycles. The molecule has 0 bridgehead atoms. The number of nitrogens with zero attached hydrogens (tertiary/aromatic N) is 2. The summed E-state index contributed by atoms with van der Waals surface area (Å²) >= 11 is 12.6. The molecule has 1 aliphatic heterocycles. The Morgan fingerprint density at radius 1 is 1.16 bits per heavy atom. The number of allylic oxidation sites excluding steroid dienone is 1. The van der Waals surface area contributed by atoms with E-state index in [1.54, 1.807) is 6.08 Å². The van der Waals surface area contributed by atoms with Crippen molar-refractivity contribution in [1.82, 2.24) is 13.9 Å². The number of piperidine rings is 1. The number of halogens is 2. The molecule has 2 aromatic carbocycles. The molecule has 1 saturated heterocycles. The molecule has 1 aliphatic rings. The Morgan fingerprint density at radius 2 is 1.84 bits per heavy atom. The van der Waals surface area contributed by atoms with Gasteiger partial charge in [0.05, 0.1) is 11.5 Å². The Labute approximate surface area is 231 Å². The Balaban J connectivity index is 2.20. The Bertz CT molecular complexity index is 1200. The number of hydrogen-bond donors (Lipinski definition) is 1. The number of likely N-dealkylation sites (tertiary alicyclic amines) is 1. The number of carbonyl (C=O) groups excluding carboxylic acids is 1. The van der Waals surface area contributed by atoms with E-state index in [2.05, 4.69) is 11.3 Å². The van der Waals surface area contributed by atoms with E-state index in [9.17, 15) is 13.2 Å². The van der Waals surface area contributed by atoms with Gasteiger partial charge in [-0.05, 0) is 54.7 Å². The molecule has 37 heavy (non-hydrogen) atoms. The van der Waals surface area contributed by atoms with E-state index in [0.29, 0.717) is 29.3 Å². The van der Waals surface area contributed by atoms with Crippen LogP contribution in [0.5, 0.6) is 0 Å². The molecule has 9 heteroatoms. The summed E-state index contributed by atoms with van der Waals surface area (Å²) in [5.74, 6) is -0.0829. The summed E-state index contributed by atoms with van der Waals surface area (Å²) in [5.41, 5.74) is 1.27. The Morgan fingerprint density at radius 3 is 2.41 bits per heavy atom. The third-order valence-corrected chi connectivity index (χ3v) is 9.16. The van der Waals surface area contributed by atoms with Crippen molar-refractivity contribution >= 4 is 39.3 Å². The van der Waals surface area contributed by atoms with Gasteiger partial charge in [-0.2, -0.15) is 12.7 Å². The lowest BCUT2D eigenvalue weighted by Gasteiger charge is -2.52. The quantitative estimate of drug-likeness (QED) is 0.330. The molecule has 1 amide bonds. The maximum absolute atomic E-state index is 14.3. The van der Waals surface area contributed by atoms with E-state index in [-0.39, 0.29) is 30.5 Å². The van der Waals surface area contributed by atoms with E-state index >= 15 is 0 Å². The molecular weight excluding hydrogens is 529 g/mol. The van der Waals surface area contributed by atoms with Crippen molar-refractivity contribution < 1.29 is 13.2 Å². The highest BCUT2D eigenvalue weighted by Crippen LogP contribution is 2.52. The molecule has 0 radical (unpaired) electrons. The average molecular weight is 567 g/mol. The highest BCUT2D eigenvalue weighted by molar-refractivity contribution is 7.87. The number of amides is 1. The minimum Gasteiger partial charge on any atom is -0.330 e. The minimum absolute atomic E-state index is 0.00636. The molecular formula is C28H37Cl2N3O3S. The van der Waals surface area contributed by atoms with E-state index in [0.717, 1.165) is 21.9 Å². The molecule has 0 aliphatic carbocycles. The molecule has 3 rings (SSSR count). The second-order valence-electron chi connectivity index (χ2n) is 10.2. The van der Waals surface area contributed by atoms with Gasteiger partial charge in [-0.15, -0.1) is 6.58 Å². The second kappa shape index (κ2) is 12.3. The predicted octanol–water partition coefficient (Wildman–Crippen LogP) is 6.20. The SMILES string of the molecule is C=CC[C@@]1(C)C[C@H](c2cccc(Cl)c2)[C@@H](c2ccc(Cl)cc2)N([C@@H](CCC)CNS(=O)(=O)N(C)C)C1=O. The maximum Gasteiger partial charge on any atom is 0.279 e. The smallest absolute Gasteiger partial charge is 0.279 e. The van der Waals surface area contributed by atoms with Crippen LogP contribution in [0, 0.1) is 5.41 Å². The van der Waals surface area contributed by atoms with E-state index in [1.807, 2.05) is 67.3 Å². The van der Waals surface area contributed by atoms with E-state index < -0.39 is 15.6 Å². The first-order valence-corrected chi connectivity index (χ1v) is 14.7. The molecule has 0 unspecified atom stereocenters.